The van der Waals surface area contributed by atoms with Crippen molar-refractivity contribution in [2.45, 2.75) is 17.3 Å². The zero-order chi connectivity index (χ0) is 15.2. The van der Waals surface area contributed by atoms with Gasteiger partial charge >= 0.3 is 5.97 Å². The summed E-state index contributed by atoms with van der Waals surface area (Å²) in [7, 11) is 1.32. The summed E-state index contributed by atoms with van der Waals surface area (Å²) >= 11 is 1.27. The van der Waals surface area contributed by atoms with Crippen molar-refractivity contribution in [1.29, 1.82) is 0 Å². The van der Waals surface area contributed by atoms with Crippen LogP contribution >= 0.6 is 11.8 Å². The minimum atomic E-state index is -0.415. The Labute approximate surface area is 125 Å². The Morgan fingerprint density at radius 2 is 2.05 bits per heavy atom. The second-order valence-electron chi connectivity index (χ2n) is 4.11. The van der Waals surface area contributed by atoms with Crippen molar-refractivity contribution >= 4 is 29.3 Å². The Hall–Kier alpha value is -2.35. The number of ether oxygens (including phenoxy) is 1. The van der Waals surface area contributed by atoms with Gasteiger partial charge in [-0.1, -0.05) is 11.8 Å². The number of carbonyl (C=O) groups excluding carboxylic acids is 2. The molecule has 8 heteroatoms. The first-order valence-electron chi connectivity index (χ1n) is 6.11. The lowest BCUT2D eigenvalue weighted by molar-refractivity contribution is -0.115. The number of esters is 1. The number of aromatic amines is 1. The minimum Gasteiger partial charge on any atom is -0.465 e. The number of anilines is 1. The fourth-order valence-electron chi connectivity index (χ4n) is 1.52. The summed E-state index contributed by atoms with van der Waals surface area (Å²) < 4.78 is 4.61. The minimum absolute atomic E-state index is 0.165. The highest BCUT2D eigenvalue weighted by Gasteiger charge is 2.16. The summed E-state index contributed by atoms with van der Waals surface area (Å²) in [5, 5.41) is 9.42. The molecule has 0 aliphatic carbocycles. The largest absolute Gasteiger partial charge is 0.465 e. The van der Waals surface area contributed by atoms with Crippen molar-refractivity contribution in [3.63, 3.8) is 0 Å². The van der Waals surface area contributed by atoms with Crippen LogP contribution in [0.3, 0.4) is 0 Å². The lowest BCUT2D eigenvalue weighted by Crippen LogP contribution is -2.22. The third-order valence-corrected chi connectivity index (χ3v) is 3.61. The molecule has 0 aliphatic rings. The molecule has 1 heterocycles. The SMILES string of the molecule is COC(=O)c1ccc(NC(=O)C(C)Sc2ncn[nH]2)cc1. The van der Waals surface area contributed by atoms with E-state index in [0.29, 0.717) is 16.4 Å². The molecule has 0 fully saturated rings. The van der Waals surface area contributed by atoms with Gasteiger partial charge < -0.3 is 10.1 Å². The van der Waals surface area contributed by atoms with Crippen molar-refractivity contribution in [2.24, 2.45) is 0 Å². The molecule has 0 saturated heterocycles. The van der Waals surface area contributed by atoms with E-state index >= 15 is 0 Å². The summed E-state index contributed by atoms with van der Waals surface area (Å²) in [4.78, 5) is 27.3. The van der Waals surface area contributed by atoms with Gasteiger partial charge in [-0.2, -0.15) is 5.10 Å². The highest BCUT2D eigenvalue weighted by Crippen LogP contribution is 2.20. The van der Waals surface area contributed by atoms with E-state index in [1.165, 1.54) is 25.2 Å². The standard InChI is InChI=1S/C13H14N4O3S/c1-8(21-13-14-7-15-17-13)11(18)16-10-5-3-9(4-6-10)12(19)20-2/h3-8H,1-2H3,(H,16,18)(H,14,15,17). The molecular weight excluding hydrogens is 292 g/mol. The lowest BCUT2D eigenvalue weighted by Gasteiger charge is -2.10. The second kappa shape index (κ2) is 6.89. The molecule has 21 heavy (non-hydrogen) atoms. The molecule has 0 radical (unpaired) electrons. The van der Waals surface area contributed by atoms with Crippen LogP contribution in [0.4, 0.5) is 5.69 Å². The van der Waals surface area contributed by atoms with Gasteiger partial charge in [0.2, 0.25) is 5.91 Å². The van der Waals surface area contributed by atoms with Gasteiger partial charge in [0, 0.05) is 5.69 Å². The molecule has 2 N–H and O–H groups in total. The number of rotatable bonds is 5. The fraction of sp³-hybridized carbons (Fsp3) is 0.231. The molecule has 0 aliphatic heterocycles. The zero-order valence-electron chi connectivity index (χ0n) is 11.5. The van der Waals surface area contributed by atoms with E-state index in [-0.39, 0.29) is 11.2 Å². The van der Waals surface area contributed by atoms with E-state index in [1.54, 1.807) is 31.2 Å². The molecule has 2 aromatic rings. The smallest absolute Gasteiger partial charge is 0.337 e. The second-order valence-corrected chi connectivity index (χ2v) is 5.44. The molecule has 110 valence electrons. The van der Waals surface area contributed by atoms with Crippen molar-refractivity contribution in [1.82, 2.24) is 15.2 Å². The number of hydrogen-bond donors (Lipinski definition) is 2. The lowest BCUT2D eigenvalue weighted by atomic mass is 10.2. The van der Waals surface area contributed by atoms with Gasteiger partial charge in [-0.25, -0.2) is 9.78 Å². The Balaban J connectivity index is 1.94. The summed E-state index contributed by atoms with van der Waals surface area (Å²) in [6.07, 6.45) is 1.39. The van der Waals surface area contributed by atoms with Crippen LogP contribution in [-0.2, 0) is 9.53 Å². The zero-order valence-corrected chi connectivity index (χ0v) is 12.3. The molecule has 7 nitrogen and oxygen atoms in total. The number of carbonyl (C=O) groups is 2. The highest BCUT2D eigenvalue weighted by atomic mass is 32.2. The average Bonchev–Trinajstić information content (AvgIpc) is 3.00. The van der Waals surface area contributed by atoms with E-state index in [1.807, 2.05) is 0 Å². The van der Waals surface area contributed by atoms with Gasteiger partial charge in [-0.3, -0.25) is 9.89 Å². The molecule has 2 rings (SSSR count). The quantitative estimate of drug-likeness (QED) is 0.645. The Morgan fingerprint density at radius 1 is 1.33 bits per heavy atom. The topological polar surface area (TPSA) is 97.0 Å². The van der Waals surface area contributed by atoms with Gasteiger partial charge in [-0.05, 0) is 31.2 Å². The van der Waals surface area contributed by atoms with Crippen LogP contribution in [0.1, 0.15) is 17.3 Å². The Morgan fingerprint density at radius 3 is 2.62 bits per heavy atom. The fourth-order valence-corrected chi connectivity index (χ4v) is 2.24. The molecule has 1 aromatic heterocycles. The first-order valence-corrected chi connectivity index (χ1v) is 6.99. The van der Waals surface area contributed by atoms with E-state index in [9.17, 15) is 9.59 Å². The monoisotopic (exact) mass is 306 g/mol. The van der Waals surface area contributed by atoms with Crippen molar-refractivity contribution < 1.29 is 14.3 Å². The third-order valence-electron chi connectivity index (χ3n) is 2.62. The normalized spacial score (nSPS) is 11.7. The van der Waals surface area contributed by atoms with Crippen molar-refractivity contribution in [3.8, 4) is 0 Å². The van der Waals surface area contributed by atoms with Gasteiger partial charge in [0.05, 0.1) is 17.9 Å². The van der Waals surface area contributed by atoms with Crippen LogP contribution in [-0.4, -0.2) is 39.4 Å². The molecule has 0 spiro atoms. The summed E-state index contributed by atoms with van der Waals surface area (Å²) in [6, 6.07) is 6.48. The van der Waals surface area contributed by atoms with Crippen LogP contribution in [0, 0.1) is 0 Å². The maximum absolute atomic E-state index is 12.0. The number of thioether (sulfide) groups is 1. The molecule has 0 saturated carbocycles. The number of aromatic nitrogens is 3. The Kier molecular flexibility index (Phi) is 4.94. The number of hydrogen-bond acceptors (Lipinski definition) is 6. The van der Waals surface area contributed by atoms with Crippen molar-refractivity contribution in [2.75, 3.05) is 12.4 Å². The molecule has 1 unspecified atom stereocenters. The number of nitrogens with zero attached hydrogens (tertiary/aromatic N) is 2. The number of nitrogens with one attached hydrogen (secondary N) is 2. The van der Waals surface area contributed by atoms with E-state index in [4.69, 9.17) is 0 Å². The molecule has 1 atom stereocenters. The first-order chi connectivity index (χ1) is 10.1. The molecular formula is C13H14N4O3S. The van der Waals surface area contributed by atoms with Crippen LogP contribution in [0.25, 0.3) is 0 Å². The predicted octanol–water partition coefficient (Wildman–Crippen LogP) is 1.71. The maximum atomic E-state index is 12.0. The van der Waals surface area contributed by atoms with Gasteiger partial charge in [0.15, 0.2) is 5.16 Å². The summed E-state index contributed by atoms with van der Waals surface area (Å²) in [5.74, 6) is -0.579. The number of H-pyrrole nitrogens is 1. The van der Waals surface area contributed by atoms with Crippen LogP contribution in [0.5, 0.6) is 0 Å². The summed E-state index contributed by atoms with van der Waals surface area (Å²) in [5.41, 5.74) is 1.04. The molecule has 1 aromatic carbocycles. The van der Waals surface area contributed by atoms with E-state index < -0.39 is 5.97 Å². The average molecular weight is 306 g/mol. The van der Waals surface area contributed by atoms with E-state index in [0.717, 1.165) is 0 Å². The molecule has 1 amide bonds. The van der Waals surface area contributed by atoms with E-state index in [2.05, 4.69) is 25.2 Å². The maximum Gasteiger partial charge on any atom is 0.337 e. The predicted molar refractivity (Wildman–Crippen MR) is 78.1 cm³/mol. The number of methoxy groups -OCH3 is 1. The van der Waals surface area contributed by atoms with Crippen LogP contribution in [0.15, 0.2) is 35.7 Å². The Bertz CT molecular complexity index is 613. The van der Waals surface area contributed by atoms with Crippen molar-refractivity contribution in [3.05, 3.63) is 36.2 Å². The summed E-state index contributed by atoms with van der Waals surface area (Å²) in [6.45, 7) is 1.77. The van der Waals surface area contributed by atoms with Gasteiger partial charge in [-0.15, -0.1) is 0 Å². The number of amides is 1. The van der Waals surface area contributed by atoms with Crippen LogP contribution < -0.4 is 5.32 Å². The number of benzene rings is 1. The van der Waals surface area contributed by atoms with Gasteiger partial charge in [0.1, 0.15) is 6.33 Å². The van der Waals surface area contributed by atoms with Gasteiger partial charge in [0.25, 0.3) is 0 Å². The third kappa shape index (κ3) is 4.06. The highest BCUT2D eigenvalue weighted by molar-refractivity contribution is 8.00. The van der Waals surface area contributed by atoms with Crippen LogP contribution in [0.2, 0.25) is 0 Å². The first kappa shape index (κ1) is 15.0. The molecule has 0 bridgehead atoms.